The molecule has 0 atom stereocenters. The monoisotopic (exact) mass is 249 g/mol. The van der Waals surface area contributed by atoms with Gasteiger partial charge in [0.15, 0.2) is 0 Å². The normalized spacial score (nSPS) is 15.6. The van der Waals surface area contributed by atoms with E-state index in [2.05, 4.69) is 10.3 Å². The predicted molar refractivity (Wildman–Crippen MR) is 69.6 cm³/mol. The van der Waals surface area contributed by atoms with Gasteiger partial charge < -0.3 is 5.32 Å². The molecule has 1 saturated carbocycles. The number of hydrogen-bond donors (Lipinski definition) is 1. The van der Waals surface area contributed by atoms with Crippen molar-refractivity contribution in [2.24, 2.45) is 0 Å². The van der Waals surface area contributed by atoms with E-state index in [1.54, 1.807) is 10.9 Å². The molecule has 4 nitrogen and oxygen atoms in total. The minimum absolute atomic E-state index is 0.0886. The molecule has 5 heteroatoms. The van der Waals surface area contributed by atoms with Gasteiger partial charge in [-0.25, -0.2) is 4.98 Å². The number of nitrogens with zero attached hydrogens (tertiary/aromatic N) is 2. The summed E-state index contributed by atoms with van der Waals surface area (Å²) < 4.78 is 2.48. The van der Waals surface area contributed by atoms with Crippen molar-refractivity contribution in [3.8, 4) is 0 Å². The fraction of sp³-hybridized carbons (Fsp3) is 0.500. The first-order valence-electron chi connectivity index (χ1n) is 5.92. The molecule has 2 heterocycles. The molecule has 2 aromatic rings. The van der Waals surface area contributed by atoms with E-state index in [1.807, 2.05) is 12.3 Å². The van der Waals surface area contributed by atoms with Gasteiger partial charge in [0.1, 0.15) is 4.70 Å². The summed E-state index contributed by atoms with van der Waals surface area (Å²) in [5, 5.41) is 5.39. The van der Waals surface area contributed by atoms with Crippen molar-refractivity contribution in [1.82, 2.24) is 14.9 Å². The van der Waals surface area contributed by atoms with Crippen LogP contribution in [0.4, 0.5) is 0 Å². The van der Waals surface area contributed by atoms with Gasteiger partial charge in [-0.3, -0.25) is 9.36 Å². The Morgan fingerprint density at radius 3 is 3.18 bits per heavy atom. The van der Waals surface area contributed by atoms with Crippen LogP contribution in [0.2, 0.25) is 0 Å². The van der Waals surface area contributed by atoms with Crippen LogP contribution in [0.3, 0.4) is 0 Å². The van der Waals surface area contributed by atoms with Crippen LogP contribution in [0.25, 0.3) is 10.2 Å². The molecule has 1 aliphatic rings. The molecule has 0 radical (unpaired) electrons. The zero-order valence-electron chi connectivity index (χ0n) is 9.77. The van der Waals surface area contributed by atoms with Crippen LogP contribution in [0.15, 0.2) is 16.5 Å². The standard InChI is InChI=1S/C12H15N3OS/c1-8-6-17-11-10(8)14-7-15(12(11)16)5-4-13-9-2-3-9/h6-7,9,13H,2-5H2,1H3. The van der Waals surface area contributed by atoms with Crippen molar-refractivity contribution >= 4 is 21.6 Å². The summed E-state index contributed by atoms with van der Waals surface area (Å²) in [5.41, 5.74) is 2.03. The molecule has 1 aliphatic carbocycles. The first kappa shape index (κ1) is 10.9. The summed E-state index contributed by atoms with van der Waals surface area (Å²) in [6.07, 6.45) is 4.21. The Bertz CT molecular complexity index is 597. The number of nitrogens with one attached hydrogen (secondary N) is 1. The summed E-state index contributed by atoms with van der Waals surface area (Å²) >= 11 is 1.49. The number of aryl methyl sites for hydroxylation is 1. The van der Waals surface area contributed by atoms with Gasteiger partial charge >= 0.3 is 0 Å². The number of aromatic nitrogens is 2. The Morgan fingerprint density at radius 2 is 2.41 bits per heavy atom. The van der Waals surface area contributed by atoms with E-state index in [1.165, 1.54) is 24.2 Å². The topological polar surface area (TPSA) is 46.9 Å². The van der Waals surface area contributed by atoms with E-state index in [0.717, 1.165) is 22.3 Å². The highest BCUT2D eigenvalue weighted by molar-refractivity contribution is 7.17. The van der Waals surface area contributed by atoms with Crippen LogP contribution in [-0.4, -0.2) is 22.1 Å². The highest BCUT2D eigenvalue weighted by Crippen LogP contribution is 2.19. The van der Waals surface area contributed by atoms with Crippen molar-refractivity contribution < 1.29 is 0 Å². The summed E-state index contributed by atoms with van der Waals surface area (Å²) in [6.45, 7) is 3.54. The number of thiophene rings is 1. The van der Waals surface area contributed by atoms with Gasteiger partial charge in [0.25, 0.3) is 5.56 Å². The van der Waals surface area contributed by atoms with Gasteiger partial charge in [-0.1, -0.05) is 0 Å². The summed E-state index contributed by atoms with van der Waals surface area (Å²) in [4.78, 5) is 16.5. The molecule has 0 spiro atoms. The Kier molecular flexibility index (Phi) is 2.72. The number of rotatable bonds is 4. The highest BCUT2D eigenvalue weighted by atomic mass is 32.1. The van der Waals surface area contributed by atoms with E-state index >= 15 is 0 Å². The smallest absolute Gasteiger partial charge is 0.271 e. The molecule has 0 amide bonds. The highest BCUT2D eigenvalue weighted by Gasteiger charge is 2.19. The number of hydrogen-bond acceptors (Lipinski definition) is 4. The lowest BCUT2D eigenvalue weighted by atomic mass is 10.3. The van der Waals surface area contributed by atoms with Crippen molar-refractivity contribution in [2.75, 3.05) is 6.54 Å². The van der Waals surface area contributed by atoms with Crippen molar-refractivity contribution in [3.63, 3.8) is 0 Å². The van der Waals surface area contributed by atoms with Crippen molar-refractivity contribution in [3.05, 3.63) is 27.6 Å². The average molecular weight is 249 g/mol. The first-order valence-corrected chi connectivity index (χ1v) is 6.80. The van der Waals surface area contributed by atoms with Gasteiger partial charge in [0, 0.05) is 19.1 Å². The average Bonchev–Trinajstić information content (AvgIpc) is 3.06. The second kappa shape index (κ2) is 4.23. The van der Waals surface area contributed by atoms with E-state index < -0.39 is 0 Å². The van der Waals surface area contributed by atoms with Crippen LogP contribution in [-0.2, 0) is 6.54 Å². The SMILES string of the molecule is Cc1csc2c(=O)n(CCNC3CC3)cnc12. The second-order valence-corrected chi connectivity index (χ2v) is 5.45. The van der Waals surface area contributed by atoms with Gasteiger partial charge in [-0.15, -0.1) is 11.3 Å². The third kappa shape index (κ3) is 2.12. The number of fused-ring (bicyclic) bond motifs is 1. The minimum atomic E-state index is 0.0886. The van der Waals surface area contributed by atoms with Crippen LogP contribution in [0.5, 0.6) is 0 Å². The molecular formula is C12H15N3OS. The summed E-state index contributed by atoms with van der Waals surface area (Å²) in [7, 11) is 0. The third-order valence-corrected chi connectivity index (χ3v) is 4.16. The lowest BCUT2D eigenvalue weighted by molar-refractivity contribution is 0.580. The van der Waals surface area contributed by atoms with Crippen molar-refractivity contribution in [1.29, 1.82) is 0 Å². The van der Waals surface area contributed by atoms with E-state index in [9.17, 15) is 4.79 Å². The Hall–Kier alpha value is -1.20. The maximum atomic E-state index is 12.1. The maximum Gasteiger partial charge on any atom is 0.271 e. The van der Waals surface area contributed by atoms with Gasteiger partial charge in [-0.05, 0) is 30.7 Å². The Labute approximate surface area is 103 Å². The Balaban J connectivity index is 1.83. The lowest BCUT2D eigenvalue weighted by Gasteiger charge is -2.05. The van der Waals surface area contributed by atoms with Crippen LogP contribution in [0, 0.1) is 6.92 Å². The van der Waals surface area contributed by atoms with Crippen LogP contribution < -0.4 is 10.9 Å². The summed E-state index contributed by atoms with van der Waals surface area (Å²) in [5.74, 6) is 0. The lowest BCUT2D eigenvalue weighted by Crippen LogP contribution is -2.27. The van der Waals surface area contributed by atoms with E-state index in [0.29, 0.717) is 12.6 Å². The molecule has 3 rings (SSSR count). The van der Waals surface area contributed by atoms with Gasteiger partial charge in [0.2, 0.25) is 0 Å². The molecule has 0 saturated heterocycles. The zero-order chi connectivity index (χ0) is 11.8. The molecule has 1 fully saturated rings. The molecule has 0 bridgehead atoms. The predicted octanol–water partition coefficient (Wildman–Crippen LogP) is 1.52. The molecule has 1 N–H and O–H groups in total. The molecule has 0 unspecified atom stereocenters. The zero-order valence-corrected chi connectivity index (χ0v) is 10.6. The Morgan fingerprint density at radius 1 is 1.59 bits per heavy atom. The van der Waals surface area contributed by atoms with Gasteiger partial charge in [-0.2, -0.15) is 0 Å². The van der Waals surface area contributed by atoms with E-state index in [-0.39, 0.29) is 5.56 Å². The molecule has 0 aliphatic heterocycles. The van der Waals surface area contributed by atoms with Crippen LogP contribution >= 0.6 is 11.3 Å². The molecule has 0 aromatic carbocycles. The summed E-state index contributed by atoms with van der Waals surface area (Å²) in [6, 6.07) is 0.686. The molecule has 2 aromatic heterocycles. The molecular weight excluding hydrogens is 234 g/mol. The largest absolute Gasteiger partial charge is 0.312 e. The minimum Gasteiger partial charge on any atom is -0.312 e. The fourth-order valence-corrected chi connectivity index (χ4v) is 2.85. The van der Waals surface area contributed by atoms with E-state index in [4.69, 9.17) is 0 Å². The fourth-order valence-electron chi connectivity index (χ4n) is 1.90. The first-order chi connectivity index (χ1) is 8.25. The molecule has 90 valence electrons. The maximum absolute atomic E-state index is 12.1. The molecule has 17 heavy (non-hydrogen) atoms. The van der Waals surface area contributed by atoms with Gasteiger partial charge in [0.05, 0.1) is 11.8 Å². The quantitative estimate of drug-likeness (QED) is 0.893. The second-order valence-electron chi connectivity index (χ2n) is 4.57. The van der Waals surface area contributed by atoms with Crippen LogP contribution in [0.1, 0.15) is 18.4 Å². The third-order valence-electron chi connectivity index (χ3n) is 3.09. The van der Waals surface area contributed by atoms with Crippen molar-refractivity contribution in [2.45, 2.75) is 32.4 Å².